The lowest BCUT2D eigenvalue weighted by Crippen LogP contribution is -2.45. The fraction of sp³-hybridized carbons (Fsp3) is 0.211. The van der Waals surface area contributed by atoms with Crippen molar-refractivity contribution in [3.8, 4) is 0 Å². The van der Waals surface area contributed by atoms with Crippen LogP contribution in [0.25, 0.3) is 0 Å². The van der Waals surface area contributed by atoms with Gasteiger partial charge in [-0.3, -0.25) is 19.5 Å². The number of benzodiazepines with no additional fused rings is 1. The fourth-order valence-corrected chi connectivity index (χ4v) is 2.78. The highest BCUT2D eigenvalue weighted by atomic mass is 16.5. The third-order valence-electron chi connectivity index (χ3n) is 3.88. The minimum absolute atomic E-state index is 0.199. The summed E-state index contributed by atoms with van der Waals surface area (Å²) in [6.45, 7) is 1.77. The van der Waals surface area contributed by atoms with Gasteiger partial charge in [0.05, 0.1) is 18.0 Å². The molecule has 6 heteroatoms. The first-order valence-electron chi connectivity index (χ1n) is 8.07. The molecule has 0 aromatic heterocycles. The summed E-state index contributed by atoms with van der Waals surface area (Å²) in [6, 6.07) is 16.8. The average molecular weight is 337 g/mol. The number of carbonyl (C=O) groups is 2. The van der Waals surface area contributed by atoms with Crippen molar-refractivity contribution in [2.45, 2.75) is 13.1 Å². The molecule has 0 aliphatic carbocycles. The summed E-state index contributed by atoms with van der Waals surface area (Å²) in [7, 11) is 0. The van der Waals surface area contributed by atoms with E-state index in [1.165, 1.54) is 4.90 Å². The van der Waals surface area contributed by atoms with E-state index < -0.39 is 18.0 Å². The lowest BCUT2D eigenvalue weighted by Gasteiger charge is -2.23. The summed E-state index contributed by atoms with van der Waals surface area (Å²) < 4.78 is 4.98. The number of anilines is 1. The van der Waals surface area contributed by atoms with E-state index in [1.807, 2.05) is 48.5 Å². The van der Waals surface area contributed by atoms with E-state index in [0.29, 0.717) is 11.4 Å². The third-order valence-corrected chi connectivity index (χ3v) is 3.88. The Morgan fingerprint density at radius 3 is 2.56 bits per heavy atom. The van der Waals surface area contributed by atoms with Gasteiger partial charge in [0.15, 0.2) is 6.17 Å². The zero-order valence-corrected chi connectivity index (χ0v) is 13.9. The molecule has 1 aliphatic heterocycles. The highest BCUT2D eigenvalue weighted by molar-refractivity contribution is 6.20. The van der Waals surface area contributed by atoms with Crippen molar-refractivity contribution in [2.24, 2.45) is 10.7 Å². The lowest BCUT2D eigenvalue weighted by molar-refractivity contribution is -0.142. The smallest absolute Gasteiger partial charge is 0.326 e. The number of hydrogen-bond acceptors (Lipinski definition) is 5. The van der Waals surface area contributed by atoms with Crippen LogP contribution in [0.5, 0.6) is 0 Å². The fourth-order valence-electron chi connectivity index (χ4n) is 2.78. The molecule has 1 aliphatic rings. The van der Waals surface area contributed by atoms with E-state index in [4.69, 9.17) is 10.5 Å². The van der Waals surface area contributed by atoms with E-state index in [1.54, 1.807) is 13.0 Å². The number of carbonyl (C=O) groups excluding carboxylic acids is 2. The molecule has 2 N–H and O–H groups in total. The van der Waals surface area contributed by atoms with Gasteiger partial charge < -0.3 is 10.5 Å². The van der Waals surface area contributed by atoms with E-state index in [0.717, 1.165) is 11.1 Å². The molecule has 128 valence electrons. The van der Waals surface area contributed by atoms with Crippen molar-refractivity contribution in [3.05, 3.63) is 65.7 Å². The molecule has 0 saturated carbocycles. The van der Waals surface area contributed by atoms with Gasteiger partial charge in [0.25, 0.3) is 5.91 Å². The van der Waals surface area contributed by atoms with Crippen molar-refractivity contribution in [3.63, 3.8) is 0 Å². The topological polar surface area (TPSA) is 85.0 Å². The predicted molar refractivity (Wildman–Crippen MR) is 95.5 cm³/mol. The van der Waals surface area contributed by atoms with Crippen LogP contribution in [0, 0.1) is 0 Å². The number of ether oxygens (including phenoxy) is 1. The maximum absolute atomic E-state index is 12.7. The largest absolute Gasteiger partial charge is 0.465 e. The Labute approximate surface area is 145 Å². The van der Waals surface area contributed by atoms with Gasteiger partial charge in [-0.2, -0.15) is 0 Å². The molecule has 6 nitrogen and oxygen atoms in total. The lowest BCUT2D eigenvalue weighted by atomic mass is 10.0. The summed E-state index contributed by atoms with van der Waals surface area (Å²) in [6.07, 6.45) is -1.09. The Morgan fingerprint density at radius 2 is 1.84 bits per heavy atom. The van der Waals surface area contributed by atoms with Crippen LogP contribution in [0.15, 0.2) is 59.6 Å². The van der Waals surface area contributed by atoms with Crippen LogP contribution < -0.4 is 10.6 Å². The summed E-state index contributed by atoms with van der Waals surface area (Å²) >= 11 is 0. The highest BCUT2D eigenvalue weighted by Crippen LogP contribution is 2.27. The second kappa shape index (κ2) is 7.27. The van der Waals surface area contributed by atoms with Crippen LogP contribution in [0.4, 0.5) is 5.69 Å². The van der Waals surface area contributed by atoms with Gasteiger partial charge in [-0.25, -0.2) is 0 Å². The van der Waals surface area contributed by atoms with E-state index in [2.05, 4.69) is 4.99 Å². The molecule has 25 heavy (non-hydrogen) atoms. The molecule has 1 amide bonds. The van der Waals surface area contributed by atoms with E-state index >= 15 is 0 Å². The zero-order valence-electron chi connectivity index (χ0n) is 13.9. The first-order valence-corrected chi connectivity index (χ1v) is 8.07. The van der Waals surface area contributed by atoms with Crippen molar-refractivity contribution in [1.82, 2.24) is 0 Å². The first-order chi connectivity index (χ1) is 12.1. The number of aliphatic imine (C=N–C) groups is 1. The average Bonchev–Trinajstić information content (AvgIpc) is 2.73. The summed E-state index contributed by atoms with van der Waals surface area (Å²) in [5.41, 5.74) is 8.82. The Balaban J connectivity index is 2.10. The molecular formula is C19H19N3O3. The van der Waals surface area contributed by atoms with Crippen LogP contribution in [0.3, 0.4) is 0 Å². The Bertz CT molecular complexity index is 818. The molecule has 0 radical (unpaired) electrons. The van der Waals surface area contributed by atoms with Crippen molar-refractivity contribution in [2.75, 3.05) is 18.1 Å². The number of rotatable bonds is 4. The maximum Gasteiger partial charge on any atom is 0.326 e. The first kappa shape index (κ1) is 16.9. The minimum Gasteiger partial charge on any atom is -0.465 e. The van der Waals surface area contributed by atoms with E-state index in [9.17, 15) is 9.59 Å². The number of esters is 1. The number of benzene rings is 2. The molecule has 1 atom stereocenters. The van der Waals surface area contributed by atoms with Gasteiger partial charge in [-0.15, -0.1) is 0 Å². The molecule has 0 bridgehead atoms. The molecule has 2 aromatic rings. The Morgan fingerprint density at radius 1 is 1.16 bits per heavy atom. The Hall–Kier alpha value is -2.99. The normalized spacial score (nSPS) is 16.7. The Kier molecular flexibility index (Phi) is 4.90. The van der Waals surface area contributed by atoms with Crippen LogP contribution in [-0.4, -0.2) is 36.9 Å². The third kappa shape index (κ3) is 3.44. The molecule has 3 rings (SSSR count). The molecule has 0 fully saturated rings. The second-order valence-electron chi connectivity index (χ2n) is 5.54. The number of hydrogen-bond donors (Lipinski definition) is 1. The summed E-state index contributed by atoms with van der Waals surface area (Å²) in [5.74, 6) is -0.924. The van der Waals surface area contributed by atoms with E-state index in [-0.39, 0.29) is 13.2 Å². The van der Waals surface area contributed by atoms with Gasteiger partial charge in [-0.1, -0.05) is 48.5 Å². The summed E-state index contributed by atoms with van der Waals surface area (Å²) in [4.78, 5) is 30.4. The predicted octanol–water partition coefficient (Wildman–Crippen LogP) is 1.72. The standard InChI is InChI=1S/C19H19N3O3/c1-2-25-16(23)12-22-15-11-7-6-10-14(15)17(21-18(20)19(22)24)13-8-4-3-5-9-13/h3-11,18H,2,12,20H2,1H3. The second-order valence-corrected chi connectivity index (χ2v) is 5.54. The molecule has 1 unspecified atom stereocenters. The SMILES string of the molecule is CCOC(=O)CN1C(=O)C(N)N=C(c2ccccc2)c2ccccc21. The van der Waals surface area contributed by atoms with Crippen molar-refractivity contribution >= 4 is 23.3 Å². The van der Waals surface area contributed by atoms with Gasteiger partial charge >= 0.3 is 5.97 Å². The zero-order chi connectivity index (χ0) is 17.8. The molecular weight excluding hydrogens is 318 g/mol. The van der Waals surface area contributed by atoms with Gasteiger partial charge in [0.1, 0.15) is 6.54 Å². The monoisotopic (exact) mass is 337 g/mol. The van der Waals surface area contributed by atoms with Gasteiger partial charge in [-0.05, 0) is 13.0 Å². The number of nitrogens with zero attached hydrogens (tertiary/aromatic N) is 2. The molecule has 0 saturated heterocycles. The van der Waals surface area contributed by atoms with Crippen LogP contribution in [0.1, 0.15) is 18.1 Å². The molecule has 2 aromatic carbocycles. The van der Waals surface area contributed by atoms with Gasteiger partial charge in [0, 0.05) is 11.1 Å². The number of fused-ring (bicyclic) bond motifs is 1. The number of nitrogens with two attached hydrogens (primary N) is 1. The quantitative estimate of drug-likeness (QED) is 0.861. The van der Waals surface area contributed by atoms with Crippen LogP contribution >= 0.6 is 0 Å². The van der Waals surface area contributed by atoms with Crippen LogP contribution in [0.2, 0.25) is 0 Å². The van der Waals surface area contributed by atoms with Gasteiger partial charge in [0.2, 0.25) is 0 Å². The minimum atomic E-state index is -1.09. The number of para-hydroxylation sites is 1. The van der Waals surface area contributed by atoms with Crippen molar-refractivity contribution < 1.29 is 14.3 Å². The van der Waals surface area contributed by atoms with Crippen LogP contribution in [-0.2, 0) is 14.3 Å². The number of amides is 1. The molecule has 1 heterocycles. The van der Waals surface area contributed by atoms with Crippen molar-refractivity contribution in [1.29, 1.82) is 0 Å². The highest BCUT2D eigenvalue weighted by Gasteiger charge is 2.31. The molecule has 0 spiro atoms. The summed E-state index contributed by atoms with van der Waals surface area (Å²) in [5, 5.41) is 0. The maximum atomic E-state index is 12.7.